The van der Waals surface area contributed by atoms with Gasteiger partial charge in [-0.15, -0.1) is 0 Å². The van der Waals surface area contributed by atoms with Gasteiger partial charge >= 0.3 is 0 Å². The predicted molar refractivity (Wildman–Crippen MR) is 80.9 cm³/mol. The van der Waals surface area contributed by atoms with Crippen LogP contribution in [0.15, 0.2) is 0 Å². The first kappa shape index (κ1) is 17.8. The number of hydrogen-bond donors (Lipinski definition) is 2. The normalized spacial score (nSPS) is 17.8. The molecule has 0 atom stereocenters. The molecule has 2 N–H and O–H groups in total. The summed E-state index contributed by atoms with van der Waals surface area (Å²) in [7, 11) is -1.71. The van der Waals surface area contributed by atoms with Crippen molar-refractivity contribution in [2.45, 2.75) is 45.1 Å². The van der Waals surface area contributed by atoms with Crippen LogP contribution in [0, 0.1) is 0 Å². The average Bonchev–Trinajstić information content (AvgIpc) is 2.45. The number of unbranched alkanes of at least 4 members (excludes halogenated alkanes) is 1. The van der Waals surface area contributed by atoms with Gasteiger partial charge in [-0.3, -0.25) is 0 Å². The molecule has 0 aromatic rings. The summed E-state index contributed by atoms with van der Waals surface area (Å²) >= 11 is 0. The minimum atomic E-state index is -3.32. The lowest BCUT2D eigenvalue weighted by molar-refractivity contribution is 0.0322. The lowest BCUT2D eigenvalue weighted by atomic mass is 10.1. The molecule has 1 aliphatic rings. The lowest BCUT2D eigenvalue weighted by Crippen LogP contribution is -2.39. The lowest BCUT2D eigenvalue weighted by Gasteiger charge is -2.23. The molecule has 120 valence electrons. The molecule has 0 aliphatic carbocycles. The van der Waals surface area contributed by atoms with Crippen molar-refractivity contribution in [2.75, 3.05) is 39.8 Å². The molecule has 0 unspecified atom stereocenters. The Balaban J connectivity index is 2.09. The first-order valence-electron chi connectivity index (χ1n) is 7.59. The minimum Gasteiger partial charge on any atom is -0.378 e. The minimum absolute atomic E-state index is 0.333. The first-order valence-corrected chi connectivity index (χ1v) is 9.03. The standard InChI is InChI=1S/C13H29N3O3S/c1-3-4-11-16(2)20(17,18)15-8-5-12-19-13-6-9-14-10-7-13/h13-15H,3-12H2,1-2H3. The first-order chi connectivity index (χ1) is 9.56. The maximum atomic E-state index is 11.9. The van der Waals surface area contributed by atoms with Crippen molar-refractivity contribution in [1.29, 1.82) is 0 Å². The summed E-state index contributed by atoms with van der Waals surface area (Å²) in [6.07, 6.45) is 5.02. The summed E-state index contributed by atoms with van der Waals surface area (Å²) in [5, 5.41) is 3.29. The van der Waals surface area contributed by atoms with Gasteiger partial charge in [-0.2, -0.15) is 12.7 Å². The molecule has 1 rings (SSSR count). The highest BCUT2D eigenvalue weighted by Crippen LogP contribution is 2.07. The van der Waals surface area contributed by atoms with Crippen molar-refractivity contribution >= 4 is 10.2 Å². The van der Waals surface area contributed by atoms with E-state index in [0.717, 1.165) is 38.8 Å². The third-order valence-corrected chi connectivity index (χ3v) is 5.05. The van der Waals surface area contributed by atoms with Gasteiger partial charge < -0.3 is 10.1 Å². The van der Waals surface area contributed by atoms with Crippen molar-refractivity contribution < 1.29 is 13.2 Å². The summed E-state index contributed by atoms with van der Waals surface area (Å²) in [4.78, 5) is 0. The second-order valence-electron chi connectivity index (χ2n) is 5.25. The van der Waals surface area contributed by atoms with E-state index < -0.39 is 10.2 Å². The van der Waals surface area contributed by atoms with Gasteiger partial charge in [-0.25, -0.2) is 4.72 Å². The van der Waals surface area contributed by atoms with Crippen LogP contribution in [0.4, 0.5) is 0 Å². The Morgan fingerprint density at radius 2 is 2.00 bits per heavy atom. The van der Waals surface area contributed by atoms with E-state index >= 15 is 0 Å². The highest BCUT2D eigenvalue weighted by molar-refractivity contribution is 7.87. The maximum absolute atomic E-state index is 11.9. The molecular formula is C13H29N3O3S. The van der Waals surface area contributed by atoms with E-state index in [1.807, 2.05) is 6.92 Å². The SMILES string of the molecule is CCCCN(C)S(=O)(=O)NCCCOC1CCNCC1. The van der Waals surface area contributed by atoms with E-state index in [1.165, 1.54) is 4.31 Å². The Morgan fingerprint density at radius 1 is 1.30 bits per heavy atom. The molecule has 1 fully saturated rings. The number of nitrogens with zero attached hydrogens (tertiary/aromatic N) is 1. The zero-order valence-electron chi connectivity index (χ0n) is 12.7. The number of nitrogens with one attached hydrogen (secondary N) is 2. The van der Waals surface area contributed by atoms with Crippen molar-refractivity contribution in [3.63, 3.8) is 0 Å². The third-order valence-electron chi connectivity index (χ3n) is 3.48. The molecule has 0 saturated carbocycles. The van der Waals surface area contributed by atoms with E-state index in [1.54, 1.807) is 7.05 Å². The fourth-order valence-corrected chi connectivity index (χ4v) is 3.09. The van der Waals surface area contributed by atoms with Crippen molar-refractivity contribution in [3.05, 3.63) is 0 Å². The van der Waals surface area contributed by atoms with Crippen LogP contribution in [0.1, 0.15) is 39.0 Å². The summed E-state index contributed by atoms with van der Waals surface area (Å²) in [6.45, 7) is 5.69. The topological polar surface area (TPSA) is 70.7 Å². The third kappa shape index (κ3) is 6.99. The molecule has 6 nitrogen and oxygen atoms in total. The Bertz CT molecular complexity index is 343. The van der Waals surface area contributed by atoms with Crippen LogP contribution in [0.2, 0.25) is 0 Å². The van der Waals surface area contributed by atoms with E-state index in [2.05, 4.69) is 10.0 Å². The summed E-state index contributed by atoms with van der Waals surface area (Å²) in [6, 6.07) is 0. The van der Waals surface area contributed by atoms with E-state index in [0.29, 0.717) is 32.2 Å². The number of ether oxygens (including phenoxy) is 1. The van der Waals surface area contributed by atoms with Crippen LogP contribution in [0.3, 0.4) is 0 Å². The molecule has 7 heteroatoms. The predicted octanol–water partition coefficient (Wildman–Crippen LogP) is 0.711. The quantitative estimate of drug-likeness (QED) is 0.583. The molecular weight excluding hydrogens is 278 g/mol. The summed E-state index contributed by atoms with van der Waals surface area (Å²) in [5.74, 6) is 0. The van der Waals surface area contributed by atoms with Crippen molar-refractivity contribution in [3.8, 4) is 0 Å². The second kappa shape index (κ2) is 9.68. The molecule has 0 radical (unpaired) electrons. The Labute approximate surface area is 123 Å². The van der Waals surface area contributed by atoms with Crippen LogP contribution in [-0.2, 0) is 14.9 Å². The molecule has 1 heterocycles. The van der Waals surface area contributed by atoms with Crippen LogP contribution < -0.4 is 10.0 Å². The van der Waals surface area contributed by atoms with E-state index in [4.69, 9.17) is 4.74 Å². The highest BCUT2D eigenvalue weighted by Gasteiger charge is 2.16. The smallest absolute Gasteiger partial charge is 0.279 e. The molecule has 0 bridgehead atoms. The fourth-order valence-electron chi connectivity index (χ4n) is 2.10. The zero-order chi connectivity index (χ0) is 14.8. The zero-order valence-corrected chi connectivity index (χ0v) is 13.5. The molecule has 0 amide bonds. The fraction of sp³-hybridized carbons (Fsp3) is 1.00. The van der Waals surface area contributed by atoms with E-state index in [-0.39, 0.29) is 0 Å². The largest absolute Gasteiger partial charge is 0.378 e. The van der Waals surface area contributed by atoms with Gasteiger partial charge in [0.05, 0.1) is 6.10 Å². The van der Waals surface area contributed by atoms with Crippen LogP contribution in [-0.4, -0.2) is 58.7 Å². The van der Waals surface area contributed by atoms with Crippen LogP contribution >= 0.6 is 0 Å². The van der Waals surface area contributed by atoms with Gasteiger partial charge in [0, 0.05) is 26.7 Å². The molecule has 0 aromatic heterocycles. The Hall–Kier alpha value is -0.210. The van der Waals surface area contributed by atoms with Gasteiger partial charge in [0.25, 0.3) is 10.2 Å². The van der Waals surface area contributed by atoms with Gasteiger partial charge in [0.2, 0.25) is 0 Å². The summed E-state index contributed by atoms with van der Waals surface area (Å²) < 4.78 is 33.5. The van der Waals surface area contributed by atoms with Gasteiger partial charge in [-0.05, 0) is 38.8 Å². The highest BCUT2D eigenvalue weighted by atomic mass is 32.2. The van der Waals surface area contributed by atoms with Crippen LogP contribution in [0.25, 0.3) is 0 Å². The Morgan fingerprint density at radius 3 is 2.65 bits per heavy atom. The number of hydrogen-bond acceptors (Lipinski definition) is 4. The molecule has 20 heavy (non-hydrogen) atoms. The number of piperidine rings is 1. The summed E-state index contributed by atoms with van der Waals surface area (Å²) in [5.41, 5.74) is 0. The van der Waals surface area contributed by atoms with Crippen molar-refractivity contribution in [2.24, 2.45) is 0 Å². The van der Waals surface area contributed by atoms with E-state index in [9.17, 15) is 8.42 Å². The average molecular weight is 307 g/mol. The van der Waals surface area contributed by atoms with Crippen molar-refractivity contribution in [1.82, 2.24) is 14.3 Å². The molecule has 0 aromatic carbocycles. The molecule has 1 aliphatic heterocycles. The number of rotatable bonds is 10. The van der Waals surface area contributed by atoms with Gasteiger partial charge in [0.1, 0.15) is 0 Å². The Kier molecular flexibility index (Phi) is 8.63. The van der Waals surface area contributed by atoms with Gasteiger partial charge in [0.15, 0.2) is 0 Å². The maximum Gasteiger partial charge on any atom is 0.279 e. The molecule has 1 saturated heterocycles. The monoisotopic (exact) mass is 307 g/mol. The van der Waals surface area contributed by atoms with Crippen LogP contribution in [0.5, 0.6) is 0 Å². The van der Waals surface area contributed by atoms with Gasteiger partial charge in [-0.1, -0.05) is 13.3 Å². The second-order valence-corrected chi connectivity index (χ2v) is 7.11. The molecule has 0 spiro atoms.